The Morgan fingerprint density at radius 3 is 1.97 bits per heavy atom. The number of nitrogens with two attached hydrogens (primary N) is 1. The Bertz CT molecular complexity index is 1650. The summed E-state index contributed by atoms with van der Waals surface area (Å²) in [5.74, 6) is -6.32. The molecule has 0 spiro atoms. The summed E-state index contributed by atoms with van der Waals surface area (Å²) >= 11 is 0. The standard InChI is InChI=1S/C42H68N8O11/c1-9-25(6)36(41(59)48-35(24(4)5)42(60)61-8)49-40(58)32-16-13-17-50(32)21-33(53)28(19-27-14-11-10-12-15-27)45-38(56)30(20-34(43)54)47-37(55)29(18-23(2)3)46-39(57)31(22-51)44-26(7)52/h10-12,14-15,23-25,28-33,35-36,51,53H,9,13,16-22H2,1-8H3,(H2,43,54)(H,44,52)(H,45,56)(H,46,57)(H,47,55)(H,48,59)(H,49,58)/t25?,28-,29-,30-,31-,32-,33-,35-,36-/m0/s1. The number of likely N-dealkylation sites (tertiary alicyclic amines) is 1. The molecule has 9 atom stereocenters. The molecule has 61 heavy (non-hydrogen) atoms. The predicted molar refractivity (Wildman–Crippen MR) is 225 cm³/mol. The molecule has 7 amide bonds. The van der Waals surface area contributed by atoms with Crippen molar-refractivity contribution < 1.29 is 53.3 Å². The lowest BCUT2D eigenvalue weighted by Crippen LogP contribution is -2.60. The lowest BCUT2D eigenvalue weighted by Gasteiger charge is -2.33. The van der Waals surface area contributed by atoms with Gasteiger partial charge in [-0.15, -0.1) is 0 Å². The number of esters is 1. The second kappa shape index (κ2) is 25.6. The van der Waals surface area contributed by atoms with E-state index >= 15 is 0 Å². The average Bonchev–Trinajstić information content (AvgIpc) is 3.67. The summed E-state index contributed by atoms with van der Waals surface area (Å²) < 4.78 is 4.87. The molecule has 2 rings (SSSR count). The molecule has 19 heteroatoms. The minimum absolute atomic E-state index is 0.0799. The minimum Gasteiger partial charge on any atom is -0.467 e. The van der Waals surface area contributed by atoms with Crippen molar-refractivity contribution in [1.29, 1.82) is 0 Å². The molecule has 1 unspecified atom stereocenters. The molecule has 1 aromatic carbocycles. The summed E-state index contributed by atoms with van der Waals surface area (Å²) in [5, 5.41) is 37.1. The zero-order valence-electron chi connectivity index (χ0n) is 36.7. The number of rotatable bonds is 25. The van der Waals surface area contributed by atoms with Crippen molar-refractivity contribution in [2.45, 2.75) is 135 Å². The Balaban J connectivity index is 2.34. The highest BCUT2D eigenvalue weighted by Crippen LogP contribution is 2.21. The molecule has 1 saturated heterocycles. The van der Waals surface area contributed by atoms with Crippen molar-refractivity contribution in [3.05, 3.63) is 35.9 Å². The Labute approximate surface area is 358 Å². The maximum Gasteiger partial charge on any atom is 0.328 e. The second-order valence-electron chi connectivity index (χ2n) is 16.5. The van der Waals surface area contributed by atoms with Crippen LogP contribution in [0.1, 0.15) is 86.1 Å². The summed E-state index contributed by atoms with van der Waals surface area (Å²) in [6, 6.07) is 1.20. The molecule has 1 fully saturated rings. The smallest absolute Gasteiger partial charge is 0.328 e. The summed E-state index contributed by atoms with van der Waals surface area (Å²) in [5.41, 5.74) is 6.24. The van der Waals surface area contributed by atoms with Gasteiger partial charge >= 0.3 is 5.97 Å². The Kier molecular flexibility index (Phi) is 21.8. The van der Waals surface area contributed by atoms with Crippen LogP contribution < -0.4 is 37.6 Å². The average molecular weight is 861 g/mol. The highest BCUT2D eigenvalue weighted by atomic mass is 16.5. The number of nitrogens with zero attached hydrogens (tertiary/aromatic N) is 1. The fraction of sp³-hybridized carbons (Fsp3) is 0.667. The maximum absolute atomic E-state index is 14.0. The van der Waals surface area contributed by atoms with E-state index in [4.69, 9.17) is 10.5 Å². The van der Waals surface area contributed by atoms with Crippen LogP contribution in [0.2, 0.25) is 0 Å². The quantitative estimate of drug-likeness (QED) is 0.0523. The van der Waals surface area contributed by atoms with Gasteiger partial charge in [-0.1, -0.05) is 78.3 Å². The summed E-state index contributed by atoms with van der Waals surface area (Å²) in [6.45, 7) is 11.6. The van der Waals surface area contributed by atoms with Crippen LogP contribution in [0.4, 0.5) is 0 Å². The molecule has 1 aliphatic heterocycles. The van der Waals surface area contributed by atoms with E-state index in [2.05, 4.69) is 31.9 Å². The molecule has 0 saturated carbocycles. The Hall–Kier alpha value is -5.14. The molecule has 0 bridgehead atoms. The van der Waals surface area contributed by atoms with E-state index in [9.17, 15) is 48.6 Å². The second-order valence-corrected chi connectivity index (χ2v) is 16.5. The number of primary amides is 1. The van der Waals surface area contributed by atoms with Gasteiger partial charge in [0.1, 0.15) is 30.2 Å². The van der Waals surface area contributed by atoms with Gasteiger partial charge in [0.15, 0.2) is 0 Å². The van der Waals surface area contributed by atoms with Crippen molar-refractivity contribution in [3.63, 3.8) is 0 Å². The van der Waals surface area contributed by atoms with E-state index in [0.29, 0.717) is 25.8 Å². The first kappa shape index (κ1) is 52.0. The third-order valence-corrected chi connectivity index (χ3v) is 10.6. The van der Waals surface area contributed by atoms with Crippen LogP contribution in [-0.2, 0) is 49.5 Å². The van der Waals surface area contributed by atoms with Gasteiger partial charge < -0.3 is 52.6 Å². The van der Waals surface area contributed by atoms with E-state index in [0.717, 1.165) is 12.5 Å². The lowest BCUT2D eigenvalue weighted by atomic mass is 9.96. The summed E-state index contributed by atoms with van der Waals surface area (Å²) in [6.07, 6.45) is -0.149. The summed E-state index contributed by atoms with van der Waals surface area (Å²) in [7, 11) is 1.23. The van der Waals surface area contributed by atoms with E-state index in [1.54, 1.807) is 62.9 Å². The minimum atomic E-state index is -1.53. The van der Waals surface area contributed by atoms with Crippen LogP contribution in [0.15, 0.2) is 30.3 Å². The Morgan fingerprint density at radius 2 is 1.43 bits per heavy atom. The SMILES string of the molecule is CCC(C)[C@H](NC(=O)[C@@H]1CCCN1C[C@H](O)[C@H](Cc1ccccc1)NC(=O)[C@H](CC(N)=O)NC(=O)[C@H](CC(C)C)NC(=O)[C@H](CO)NC(C)=O)C(=O)N[C@H](C(=O)OC)C(C)C. The number of nitrogens with one attached hydrogen (secondary N) is 6. The molecule has 0 radical (unpaired) electrons. The van der Waals surface area contributed by atoms with Crippen molar-refractivity contribution in [2.24, 2.45) is 23.5 Å². The topological polar surface area (TPSA) is 288 Å². The monoisotopic (exact) mass is 861 g/mol. The van der Waals surface area contributed by atoms with Crippen LogP contribution in [0.25, 0.3) is 0 Å². The highest BCUT2D eigenvalue weighted by Gasteiger charge is 2.39. The van der Waals surface area contributed by atoms with Gasteiger partial charge in [0.25, 0.3) is 0 Å². The number of carbonyl (C=O) groups is 8. The van der Waals surface area contributed by atoms with Crippen molar-refractivity contribution in [1.82, 2.24) is 36.8 Å². The zero-order valence-corrected chi connectivity index (χ0v) is 36.7. The maximum atomic E-state index is 14.0. The molecule has 10 N–H and O–H groups in total. The fourth-order valence-corrected chi connectivity index (χ4v) is 7.06. The molecule has 1 aromatic rings. The molecule has 0 aliphatic carbocycles. The number of ether oxygens (including phenoxy) is 1. The first-order chi connectivity index (χ1) is 28.7. The number of hydrogen-bond acceptors (Lipinski definition) is 12. The molecular weight excluding hydrogens is 793 g/mol. The highest BCUT2D eigenvalue weighted by molar-refractivity contribution is 5.96. The van der Waals surface area contributed by atoms with Gasteiger partial charge in [0.2, 0.25) is 41.4 Å². The number of carbonyl (C=O) groups excluding carboxylic acids is 8. The zero-order chi connectivity index (χ0) is 46.0. The molecule has 1 aliphatic rings. The van der Waals surface area contributed by atoms with E-state index in [1.807, 2.05) is 13.8 Å². The van der Waals surface area contributed by atoms with Gasteiger partial charge in [-0.25, -0.2) is 4.79 Å². The molecule has 1 heterocycles. The number of β-amino-alcohol motifs (C(OH)–C–C–N with tert-alkyl or cyclic N) is 1. The van der Waals surface area contributed by atoms with Gasteiger partial charge in [0.05, 0.1) is 38.3 Å². The lowest BCUT2D eigenvalue weighted by molar-refractivity contribution is -0.147. The van der Waals surface area contributed by atoms with Crippen molar-refractivity contribution in [3.8, 4) is 0 Å². The number of methoxy groups -OCH3 is 1. The molecule has 342 valence electrons. The first-order valence-corrected chi connectivity index (χ1v) is 20.9. The first-order valence-electron chi connectivity index (χ1n) is 20.9. The normalized spacial score (nSPS) is 18.0. The Morgan fingerprint density at radius 1 is 0.820 bits per heavy atom. The number of hydrogen-bond donors (Lipinski definition) is 9. The van der Waals surface area contributed by atoms with E-state index in [-0.39, 0.29) is 37.1 Å². The molecule has 0 aromatic heterocycles. The third-order valence-electron chi connectivity index (χ3n) is 10.6. The molecule has 19 nitrogen and oxygen atoms in total. The summed E-state index contributed by atoms with van der Waals surface area (Å²) in [4.78, 5) is 106. The van der Waals surface area contributed by atoms with Crippen LogP contribution in [-0.4, -0.2) is 138 Å². The van der Waals surface area contributed by atoms with Gasteiger partial charge in [-0.3, -0.25) is 38.5 Å². The van der Waals surface area contributed by atoms with Crippen molar-refractivity contribution >= 4 is 47.3 Å². The van der Waals surface area contributed by atoms with Crippen LogP contribution in [0.3, 0.4) is 0 Å². The number of aliphatic hydroxyl groups is 2. The van der Waals surface area contributed by atoms with Crippen molar-refractivity contribution in [2.75, 3.05) is 26.8 Å². The van der Waals surface area contributed by atoms with Crippen LogP contribution >= 0.6 is 0 Å². The number of aliphatic hydroxyl groups excluding tert-OH is 2. The molecular formula is C42H68N8O11. The fourth-order valence-electron chi connectivity index (χ4n) is 7.06. The largest absolute Gasteiger partial charge is 0.467 e. The van der Waals surface area contributed by atoms with E-state index in [1.165, 1.54) is 7.11 Å². The van der Waals surface area contributed by atoms with Crippen LogP contribution in [0, 0.1) is 17.8 Å². The van der Waals surface area contributed by atoms with E-state index < -0.39 is 109 Å². The number of benzene rings is 1. The van der Waals surface area contributed by atoms with Crippen LogP contribution in [0.5, 0.6) is 0 Å². The van der Waals surface area contributed by atoms with Gasteiger partial charge in [-0.05, 0) is 55.5 Å². The number of amides is 7. The predicted octanol–water partition coefficient (Wildman–Crippen LogP) is -1.23. The van der Waals surface area contributed by atoms with Gasteiger partial charge in [0, 0.05) is 13.5 Å². The third kappa shape index (κ3) is 17.0. The van der Waals surface area contributed by atoms with Gasteiger partial charge in [-0.2, -0.15) is 0 Å².